The quantitative estimate of drug-likeness (QED) is 0.803. The van der Waals surface area contributed by atoms with Gasteiger partial charge in [0.15, 0.2) is 0 Å². The second-order valence-corrected chi connectivity index (χ2v) is 7.31. The highest BCUT2D eigenvalue weighted by Gasteiger charge is 2.26. The first-order chi connectivity index (χ1) is 13.0. The minimum absolute atomic E-state index is 0.0150. The lowest BCUT2D eigenvalue weighted by molar-refractivity contribution is 0.0690. The van der Waals surface area contributed by atoms with Crippen LogP contribution in [0.4, 0.5) is 10.6 Å². The van der Waals surface area contributed by atoms with Gasteiger partial charge >= 0.3 is 6.09 Å². The zero-order valence-electron chi connectivity index (χ0n) is 16.5. The van der Waals surface area contributed by atoms with E-state index in [0.29, 0.717) is 50.2 Å². The summed E-state index contributed by atoms with van der Waals surface area (Å²) in [6.45, 7) is 10.3. The highest BCUT2D eigenvalue weighted by Crippen LogP contribution is 2.20. The molecule has 0 atom stereocenters. The van der Waals surface area contributed by atoms with Gasteiger partial charge in [-0.3, -0.25) is 4.79 Å². The zero-order chi connectivity index (χ0) is 19.4. The molecule has 8 nitrogen and oxygen atoms in total. The maximum atomic E-state index is 12.9. The zero-order valence-corrected chi connectivity index (χ0v) is 16.5. The van der Waals surface area contributed by atoms with Gasteiger partial charge in [-0.1, -0.05) is 6.92 Å². The Labute approximate surface area is 160 Å². The maximum absolute atomic E-state index is 12.9. The van der Waals surface area contributed by atoms with Crippen LogP contribution in [-0.4, -0.2) is 77.6 Å². The molecular formula is C19H29N5O3. The Morgan fingerprint density at radius 1 is 1.07 bits per heavy atom. The molecule has 2 fully saturated rings. The minimum atomic E-state index is -0.272. The smallest absolute Gasteiger partial charge is 0.409 e. The van der Waals surface area contributed by atoms with Crippen LogP contribution >= 0.6 is 0 Å². The van der Waals surface area contributed by atoms with E-state index in [1.807, 2.05) is 11.8 Å². The molecule has 8 heteroatoms. The third-order valence-electron chi connectivity index (χ3n) is 5.24. The molecule has 0 spiro atoms. The van der Waals surface area contributed by atoms with Gasteiger partial charge in [0.25, 0.3) is 5.91 Å². The Hall–Kier alpha value is -2.38. The summed E-state index contributed by atoms with van der Waals surface area (Å²) in [4.78, 5) is 39.3. The van der Waals surface area contributed by atoms with Crippen molar-refractivity contribution in [1.82, 2.24) is 19.8 Å². The van der Waals surface area contributed by atoms with Crippen LogP contribution in [0, 0.1) is 12.8 Å². The van der Waals surface area contributed by atoms with E-state index in [2.05, 4.69) is 21.8 Å². The first-order valence-corrected chi connectivity index (χ1v) is 9.79. The molecule has 3 heterocycles. The highest BCUT2D eigenvalue weighted by atomic mass is 16.6. The summed E-state index contributed by atoms with van der Waals surface area (Å²) >= 11 is 0. The van der Waals surface area contributed by atoms with Gasteiger partial charge in [0, 0.05) is 45.3 Å². The Bertz CT molecular complexity index is 680. The van der Waals surface area contributed by atoms with Crippen LogP contribution in [-0.2, 0) is 4.74 Å². The number of carbonyl (C=O) groups excluding carboxylic acids is 2. The lowest BCUT2D eigenvalue weighted by Gasteiger charge is -2.35. The third-order valence-corrected chi connectivity index (χ3v) is 5.24. The molecule has 2 amide bonds. The van der Waals surface area contributed by atoms with E-state index in [4.69, 9.17) is 4.74 Å². The average Bonchev–Trinajstić information content (AvgIpc) is 2.68. The fraction of sp³-hybridized carbons (Fsp3) is 0.684. The molecule has 2 aliphatic heterocycles. The SMILES string of the molecule is CCOC(=O)N1CCN(c2cc(C(=O)N3CCC(C)CC3)nc(C)n2)CC1. The molecule has 0 unspecified atom stereocenters. The largest absolute Gasteiger partial charge is 0.450 e. The van der Waals surface area contributed by atoms with Gasteiger partial charge in [-0.15, -0.1) is 0 Å². The number of likely N-dealkylation sites (tertiary alicyclic amines) is 1. The van der Waals surface area contributed by atoms with Gasteiger partial charge in [-0.05, 0) is 32.6 Å². The van der Waals surface area contributed by atoms with Gasteiger partial charge in [0.2, 0.25) is 0 Å². The number of piperidine rings is 1. The van der Waals surface area contributed by atoms with Crippen LogP contribution in [0.2, 0.25) is 0 Å². The molecule has 3 rings (SSSR count). The van der Waals surface area contributed by atoms with Crippen LogP contribution in [0.1, 0.15) is 43.0 Å². The number of hydrogen-bond donors (Lipinski definition) is 0. The van der Waals surface area contributed by atoms with Crippen molar-refractivity contribution in [2.24, 2.45) is 5.92 Å². The molecule has 0 bridgehead atoms. The van der Waals surface area contributed by atoms with Crippen molar-refractivity contribution in [1.29, 1.82) is 0 Å². The van der Waals surface area contributed by atoms with Crippen molar-refractivity contribution in [2.75, 3.05) is 50.8 Å². The van der Waals surface area contributed by atoms with Crippen LogP contribution in [0.5, 0.6) is 0 Å². The molecule has 2 saturated heterocycles. The Kier molecular flexibility index (Phi) is 6.13. The van der Waals surface area contributed by atoms with Gasteiger partial charge < -0.3 is 19.4 Å². The molecule has 148 valence electrons. The number of aromatic nitrogens is 2. The molecule has 1 aromatic heterocycles. The second-order valence-electron chi connectivity index (χ2n) is 7.31. The van der Waals surface area contributed by atoms with E-state index in [1.165, 1.54) is 0 Å². The van der Waals surface area contributed by atoms with E-state index in [9.17, 15) is 9.59 Å². The number of piperazine rings is 1. The van der Waals surface area contributed by atoms with Crippen molar-refractivity contribution < 1.29 is 14.3 Å². The predicted molar refractivity (Wildman–Crippen MR) is 102 cm³/mol. The summed E-state index contributed by atoms with van der Waals surface area (Å²) in [7, 11) is 0. The molecular weight excluding hydrogens is 346 g/mol. The first-order valence-electron chi connectivity index (χ1n) is 9.79. The predicted octanol–water partition coefficient (Wildman–Crippen LogP) is 1.94. The van der Waals surface area contributed by atoms with E-state index in [1.54, 1.807) is 17.9 Å². The minimum Gasteiger partial charge on any atom is -0.450 e. The molecule has 27 heavy (non-hydrogen) atoms. The molecule has 0 aliphatic carbocycles. The number of hydrogen-bond acceptors (Lipinski definition) is 6. The van der Waals surface area contributed by atoms with E-state index in [0.717, 1.165) is 31.7 Å². The van der Waals surface area contributed by atoms with E-state index < -0.39 is 0 Å². The molecule has 2 aliphatic rings. The lowest BCUT2D eigenvalue weighted by Crippen LogP contribution is -2.49. The van der Waals surface area contributed by atoms with Crippen molar-refractivity contribution in [2.45, 2.75) is 33.6 Å². The topological polar surface area (TPSA) is 78.9 Å². The monoisotopic (exact) mass is 375 g/mol. The first kappa shape index (κ1) is 19.4. The van der Waals surface area contributed by atoms with Crippen LogP contribution < -0.4 is 4.90 Å². The number of amides is 2. The van der Waals surface area contributed by atoms with Crippen molar-refractivity contribution in [3.05, 3.63) is 17.6 Å². The summed E-state index contributed by atoms with van der Waals surface area (Å²) in [6.07, 6.45) is 1.81. The molecule has 0 N–H and O–H groups in total. The van der Waals surface area contributed by atoms with Gasteiger partial charge in [0.1, 0.15) is 17.3 Å². The normalized spacial score (nSPS) is 18.6. The Balaban J connectivity index is 1.67. The summed E-state index contributed by atoms with van der Waals surface area (Å²) in [5, 5.41) is 0. The number of ether oxygens (including phenoxy) is 1. The van der Waals surface area contributed by atoms with Crippen LogP contribution in [0.25, 0.3) is 0 Å². The summed E-state index contributed by atoms with van der Waals surface area (Å²) in [5.74, 6) is 2.00. The van der Waals surface area contributed by atoms with Gasteiger partial charge in [0.05, 0.1) is 6.61 Å². The third kappa shape index (κ3) is 4.67. The van der Waals surface area contributed by atoms with Crippen molar-refractivity contribution in [3.8, 4) is 0 Å². The fourth-order valence-corrected chi connectivity index (χ4v) is 3.53. The van der Waals surface area contributed by atoms with Crippen molar-refractivity contribution >= 4 is 17.8 Å². The molecule has 0 aromatic carbocycles. The van der Waals surface area contributed by atoms with E-state index in [-0.39, 0.29) is 12.0 Å². The lowest BCUT2D eigenvalue weighted by atomic mass is 9.99. The summed E-state index contributed by atoms with van der Waals surface area (Å²) in [5.41, 5.74) is 0.458. The maximum Gasteiger partial charge on any atom is 0.409 e. The molecule has 1 aromatic rings. The summed E-state index contributed by atoms with van der Waals surface area (Å²) < 4.78 is 5.06. The van der Waals surface area contributed by atoms with Gasteiger partial charge in [-0.2, -0.15) is 0 Å². The van der Waals surface area contributed by atoms with E-state index >= 15 is 0 Å². The average molecular weight is 375 g/mol. The molecule has 0 saturated carbocycles. The fourth-order valence-electron chi connectivity index (χ4n) is 3.53. The second kappa shape index (κ2) is 8.54. The number of anilines is 1. The molecule has 0 radical (unpaired) electrons. The van der Waals surface area contributed by atoms with Gasteiger partial charge in [-0.25, -0.2) is 14.8 Å². The number of carbonyl (C=O) groups is 2. The Morgan fingerprint density at radius 2 is 1.74 bits per heavy atom. The van der Waals surface area contributed by atoms with Crippen LogP contribution in [0.3, 0.4) is 0 Å². The Morgan fingerprint density at radius 3 is 2.37 bits per heavy atom. The number of rotatable bonds is 3. The number of nitrogens with zero attached hydrogens (tertiary/aromatic N) is 5. The van der Waals surface area contributed by atoms with Crippen LogP contribution in [0.15, 0.2) is 6.07 Å². The standard InChI is InChI=1S/C19H29N5O3/c1-4-27-19(26)24-11-9-22(10-12-24)17-13-16(20-15(3)21-17)18(25)23-7-5-14(2)6-8-23/h13-14H,4-12H2,1-3H3. The number of aryl methyl sites for hydroxylation is 1. The summed E-state index contributed by atoms with van der Waals surface area (Å²) in [6, 6.07) is 1.79. The van der Waals surface area contributed by atoms with Crippen molar-refractivity contribution in [3.63, 3.8) is 0 Å². The highest BCUT2D eigenvalue weighted by molar-refractivity contribution is 5.93.